The lowest BCUT2D eigenvalue weighted by Crippen LogP contribution is -2.38. The fourth-order valence-corrected chi connectivity index (χ4v) is 4.39. The maximum absolute atomic E-state index is 4.76. The number of nitrogens with zero attached hydrogens (tertiary/aromatic N) is 1. The number of aromatic amines is 1. The van der Waals surface area contributed by atoms with Gasteiger partial charge in [0.1, 0.15) is 0 Å². The van der Waals surface area contributed by atoms with E-state index in [0.29, 0.717) is 5.25 Å². The highest BCUT2D eigenvalue weighted by Crippen LogP contribution is 2.26. The van der Waals surface area contributed by atoms with Crippen LogP contribution in [0.1, 0.15) is 30.9 Å². The summed E-state index contributed by atoms with van der Waals surface area (Å²) >= 11 is 2.06. The zero-order chi connectivity index (χ0) is 16.8. The van der Waals surface area contributed by atoms with E-state index in [2.05, 4.69) is 65.6 Å². The number of hydrogen-bond acceptors (Lipinski definition) is 2. The average molecular weight is 345 g/mol. The van der Waals surface area contributed by atoms with Gasteiger partial charge in [-0.25, -0.2) is 0 Å². The maximum Gasteiger partial charge on any atom is 0.191 e. The number of guanidine groups is 1. The first-order valence-electron chi connectivity index (χ1n) is 8.97. The van der Waals surface area contributed by atoms with Crippen molar-refractivity contribution in [3.05, 3.63) is 35.5 Å². The summed E-state index contributed by atoms with van der Waals surface area (Å²) in [5.41, 5.74) is 3.92. The molecule has 1 saturated heterocycles. The standard InChI is InChI=1S/C19H28N4S/c1-3-20-19(23-13-16-7-5-11-24-16)21-10-9-15-12-22-18-14(2)6-4-8-17(15)18/h4,6,8,12,16,22H,3,5,7,9-11,13H2,1-2H3,(H2,20,21,23). The predicted molar refractivity (Wildman–Crippen MR) is 106 cm³/mol. The molecule has 1 aliphatic heterocycles. The fraction of sp³-hybridized carbons (Fsp3) is 0.526. The van der Waals surface area contributed by atoms with Crippen LogP contribution in [0.4, 0.5) is 0 Å². The van der Waals surface area contributed by atoms with Crippen LogP contribution >= 0.6 is 11.8 Å². The second-order valence-electron chi connectivity index (χ2n) is 6.34. The number of thioether (sulfide) groups is 1. The molecule has 0 aliphatic carbocycles. The quantitative estimate of drug-likeness (QED) is 0.555. The Kier molecular flexibility index (Phi) is 6.07. The molecular formula is C19H28N4S. The molecule has 1 fully saturated rings. The van der Waals surface area contributed by atoms with E-state index in [0.717, 1.165) is 32.0 Å². The Labute approximate surface area is 148 Å². The molecule has 0 radical (unpaired) electrons. The van der Waals surface area contributed by atoms with Gasteiger partial charge in [-0.15, -0.1) is 0 Å². The molecule has 1 atom stereocenters. The van der Waals surface area contributed by atoms with E-state index in [4.69, 9.17) is 4.99 Å². The van der Waals surface area contributed by atoms with Crippen molar-refractivity contribution in [3.63, 3.8) is 0 Å². The van der Waals surface area contributed by atoms with Gasteiger partial charge in [-0.05, 0) is 50.0 Å². The Hall–Kier alpha value is -1.62. The van der Waals surface area contributed by atoms with Crippen molar-refractivity contribution in [2.75, 3.05) is 25.4 Å². The molecule has 1 aromatic carbocycles. The highest BCUT2D eigenvalue weighted by atomic mass is 32.2. The maximum atomic E-state index is 4.76. The number of benzene rings is 1. The second-order valence-corrected chi connectivity index (χ2v) is 7.75. The largest absolute Gasteiger partial charge is 0.361 e. The molecule has 1 aliphatic rings. The van der Waals surface area contributed by atoms with E-state index < -0.39 is 0 Å². The Morgan fingerprint density at radius 2 is 2.29 bits per heavy atom. The lowest BCUT2D eigenvalue weighted by atomic mass is 10.1. The summed E-state index contributed by atoms with van der Waals surface area (Å²) in [6.45, 7) is 6.98. The summed E-state index contributed by atoms with van der Waals surface area (Å²) in [5, 5.41) is 8.87. The van der Waals surface area contributed by atoms with Crippen molar-refractivity contribution in [1.29, 1.82) is 0 Å². The number of nitrogens with one attached hydrogen (secondary N) is 3. The molecular weight excluding hydrogens is 316 g/mol. The van der Waals surface area contributed by atoms with Gasteiger partial charge in [-0.1, -0.05) is 18.2 Å². The van der Waals surface area contributed by atoms with Crippen LogP contribution in [0.15, 0.2) is 29.4 Å². The number of aryl methyl sites for hydroxylation is 1. The summed E-state index contributed by atoms with van der Waals surface area (Å²) in [5.74, 6) is 2.24. The summed E-state index contributed by atoms with van der Waals surface area (Å²) in [4.78, 5) is 8.16. The zero-order valence-corrected chi connectivity index (χ0v) is 15.5. The SMILES string of the molecule is CCNC(=NCC1CCCS1)NCCc1c[nH]c2c(C)cccc12. The van der Waals surface area contributed by atoms with Gasteiger partial charge >= 0.3 is 0 Å². The van der Waals surface area contributed by atoms with E-state index in [9.17, 15) is 0 Å². The monoisotopic (exact) mass is 344 g/mol. The van der Waals surface area contributed by atoms with Gasteiger partial charge in [0.25, 0.3) is 0 Å². The van der Waals surface area contributed by atoms with Crippen molar-refractivity contribution < 1.29 is 0 Å². The highest BCUT2D eigenvalue weighted by Gasteiger charge is 2.15. The molecule has 3 rings (SSSR count). The Bertz CT molecular complexity index is 686. The molecule has 5 heteroatoms. The van der Waals surface area contributed by atoms with Crippen molar-refractivity contribution in [1.82, 2.24) is 15.6 Å². The smallest absolute Gasteiger partial charge is 0.191 e. The summed E-state index contributed by atoms with van der Waals surface area (Å²) in [6.07, 6.45) is 5.78. The lowest BCUT2D eigenvalue weighted by molar-refractivity contribution is 0.761. The molecule has 0 bridgehead atoms. The third-order valence-electron chi connectivity index (χ3n) is 4.52. The number of rotatable bonds is 6. The van der Waals surface area contributed by atoms with E-state index in [1.165, 1.54) is 40.6 Å². The van der Waals surface area contributed by atoms with Gasteiger partial charge in [-0.2, -0.15) is 11.8 Å². The Morgan fingerprint density at radius 1 is 1.38 bits per heavy atom. The Balaban J connectivity index is 1.56. The predicted octanol–water partition coefficient (Wildman–Crippen LogP) is 3.47. The number of fused-ring (bicyclic) bond motifs is 1. The van der Waals surface area contributed by atoms with Crippen molar-refractivity contribution >= 4 is 28.6 Å². The molecule has 0 saturated carbocycles. The third kappa shape index (κ3) is 4.26. The van der Waals surface area contributed by atoms with Gasteiger partial charge in [0.2, 0.25) is 0 Å². The first kappa shape index (κ1) is 17.2. The normalized spacial score (nSPS) is 18.2. The number of hydrogen-bond donors (Lipinski definition) is 3. The second kappa shape index (κ2) is 8.47. The van der Waals surface area contributed by atoms with Crippen LogP contribution in [0, 0.1) is 6.92 Å². The van der Waals surface area contributed by atoms with Gasteiger partial charge in [0.05, 0.1) is 6.54 Å². The fourth-order valence-electron chi connectivity index (χ4n) is 3.21. The van der Waals surface area contributed by atoms with Crippen molar-refractivity contribution in [3.8, 4) is 0 Å². The minimum atomic E-state index is 0.706. The molecule has 0 spiro atoms. The topological polar surface area (TPSA) is 52.2 Å². The number of H-pyrrole nitrogens is 1. The average Bonchev–Trinajstić information content (AvgIpc) is 3.23. The van der Waals surface area contributed by atoms with Gasteiger partial charge in [-0.3, -0.25) is 4.99 Å². The highest BCUT2D eigenvalue weighted by molar-refractivity contribution is 8.00. The van der Waals surface area contributed by atoms with Gasteiger partial charge < -0.3 is 15.6 Å². The van der Waals surface area contributed by atoms with Crippen LogP contribution in [0.2, 0.25) is 0 Å². The third-order valence-corrected chi connectivity index (χ3v) is 5.90. The van der Waals surface area contributed by atoms with Crippen LogP contribution in [0.25, 0.3) is 10.9 Å². The molecule has 0 amide bonds. The molecule has 4 nitrogen and oxygen atoms in total. The lowest BCUT2D eigenvalue weighted by Gasteiger charge is -2.12. The molecule has 1 unspecified atom stereocenters. The summed E-state index contributed by atoms with van der Waals surface area (Å²) in [7, 11) is 0. The van der Waals surface area contributed by atoms with E-state index in [1.807, 2.05) is 0 Å². The van der Waals surface area contributed by atoms with E-state index >= 15 is 0 Å². The number of aromatic nitrogens is 1. The molecule has 2 aromatic rings. The minimum Gasteiger partial charge on any atom is -0.361 e. The molecule has 3 N–H and O–H groups in total. The molecule has 130 valence electrons. The number of aliphatic imine (C=N–C) groups is 1. The van der Waals surface area contributed by atoms with E-state index in [1.54, 1.807) is 0 Å². The van der Waals surface area contributed by atoms with E-state index in [-0.39, 0.29) is 0 Å². The van der Waals surface area contributed by atoms with Crippen LogP contribution in [0.5, 0.6) is 0 Å². The number of para-hydroxylation sites is 1. The first-order chi connectivity index (χ1) is 11.8. The van der Waals surface area contributed by atoms with Crippen LogP contribution in [0.3, 0.4) is 0 Å². The van der Waals surface area contributed by atoms with Crippen molar-refractivity contribution in [2.24, 2.45) is 4.99 Å². The molecule has 2 heterocycles. The zero-order valence-electron chi connectivity index (χ0n) is 14.7. The van der Waals surface area contributed by atoms with Crippen LogP contribution in [-0.2, 0) is 6.42 Å². The Morgan fingerprint density at radius 3 is 3.08 bits per heavy atom. The van der Waals surface area contributed by atoms with Gasteiger partial charge in [0, 0.05) is 35.4 Å². The minimum absolute atomic E-state index is 0.706. The van der Waals surface area contributed by atoms with Crippen LogP contribution in [-0.4, -0.2) is 41.6 Å². The summed E-state index contributed by atoms with van der Waals surface area (Å²) in [6, 6.07) is 6.48. The molecule has 24 heavy (non-hydrogen) atoms. The van der Waals surface area contributed by atoms with Gasteiger partial charge in [0.15, 0.2) is 5.96 Å². The summed E-state index contributed by atoms with van der Waals surface area (Å²) < 4.78 is 0. The molecule has 1 aromatic heterocycles. The van der Waals surface area contributed by atoms with Crippen LogP contribution < -0.4 is 10.6 Å². The first-order valence-corrected chi connectivity index (χ1v) is 10.0. The van der Waals surface area contributed by atoms with Crippen molar-refractivity contribution in [2.45, 2.75) is 38.4 Å².